The number of anilines is 2. The molecule has 1 saturated heterocycles. The van der Waals surface area contributed by atoms with Gasteiger partial charge < -0.3 is 20.3 Å². The summed E-state index contributed by atoms with van der Waals surface area (Å²) in [6.07, 6.45) is 6.96. The molecule has 1 amide bonds. The largest absolute Gasteiger partial charge is 0.450 e. The lowest BCUT2D eigenvalue weighted by Gasteiger charge is -2.34. The third-order valence-electron chi connectivity index (χ3n) is 5.63. The Kier molecular flexibility index (Phi) is 5.47. The zero-order valence-electron chi connectivity index (χ0n) is 18.3. The number of pyridine rings is 2. The lowest BCUT2D eigenvalue weighted by Crippen LogP contribution is -2.49. The Labute approximate surface area is 190 Å². The molecule has 0 atom stereocenters. The van der Waals surface area contributed by atoms with Crippen molar-refractivity contribution in [3.8, 4) is 22.4 Å². The van der Waals surface area contributed by atoms with Gasteiger partial charge in [-0.15, -0.1) is 5.10 Å². The Hall–Kier alpha value is -4.21. The van der Waals surface area contributed by atoms with E-state index < -0.39 is 0 Å². The fourth-order valence-corrected chi connectivity index (χ4v) is 3.93. The second kappa shape index (κ2) is 8.73. The number of nitrogens with two attached hydrogens (primary N) is 1. The van der Waals surface area contributed by atoms with Crippen LogP contribution in [0.25, 0.3) is 28.0 Å². The fourth-order valence-electron chi connectivity index (χ4n) is 3.93. The van der Waals surface area contributed by atoms with Crippen LogP contribution in [-0.4, -0.2) is 68.3 Å². The van der Waals surface area contributed by atoms with Crippen LogP contribution in [0.3, 0.4) is 0 Å². The second-order valence-electron chi connectivity index (χ2n) is 7.66. The molecule has 10 heteroatoms. The average Bonchev–Trinajstić information content (AvgIpc) is 3.20. The number of ether oxygens (including phenoxy) is 1. The van der Waals surface area contributed by atoms with Gasteiger partial charge in [0.05, 0.1) is 17.9 Å². The predicted molar refractivity (Wildman–Crippen MR) is 125 cm³/mol. The molecule has 5 heterocycles. The Morgan fingerprint density at radius 3 is 2.55 bits per heavy atom. The van der Waals surface area contributed by atoms with Crippen LogP contribution < -0.4 is 10.6 Å². The van der Waals surface area contributed by atoms with Crippen molar-refractivity contribution in [1.82, 2.24) is 29.5 Å². The predicted octanol–water partition coefficient (Wildman–Crippen LogP) is 2.71. The van der Waals surface area contributed by atoms with Crippen molar-refractivity contribution in [2.24, 2.45) is 0 Å². The number of amides is 1. The molecule has 0 bridgehead atoms. The van der Waals surface area contributed by atoms with E-state index in [1.807, 2.05) is 49.6 Å². The van der Waals surface area contributed by atoms with E-state index in [9.17, 15) is 4.79 Å². The van der Waals surface area contributed by atoms with Crippen molar-refractivity contribution in [3.05, 3.63) is 55.1 Å². The lowest BCUT2D eigenvalue weighted by atomic mass is 10.1. The van der Waals surface area contributed by atoms with Crippen LogP contribution in [0.15, 0.2) is 55.1 Å². The molecule has 168 valence electrons. The van der Waals surface area contributed by atoms with Gasteiger partial charge in [0, 0.05) is 62.1 Å². The molecule has 4 aromatic rings. The minimum atomic E-state index is -0.256. The van der Waals surface area contributed by atoms with Crippen molar-refractivity contribution in [3.63, 3.8) is 0 Å². The van der Waals surface area contributed by atoms with Gasteiger partial charge in [-0.25, -0.2) is 19.3 Å². The number of carbonyl (C=O) groups is 1. The second-order valence-corrected chi connectivity index (χ2v) is 7.66. The summed E-state index contributed by atoms with van der Waals surface area (Å²) < 4.78 is 6.76. The molecule has 0 aromatic carbocycles. The molecule has 4 aromatic heterocycles. The zero-order chi connectivity index (χ0) is 22.8. The van der Waals surface area contributed by atoms with Gasteiger partial charge >= 0.3 is 6.09 Å². The van der Waals surface area contributed by atoms with Crippen LogP contribution in [0.1, 0.15) is 6.92 Å². The van der Waals surface area contributed by atoms with E-state index >= 15 is 0 Å². The highest BCUT2D eigenvalue weighted by Crippen LogP contribution is 2.29. The maximum atomic E-state index is 11.9. The first-order valence-electron chi connectivity index (χ1n) is 10.8. The van der Waals surface area contributed by atoms with Gasteiger partial charge in [-0.2, -0.15) is 0 Å². The summed E-state index contributed by atoms with van der Waals surface area (Å²) in [6.45, 7) is 4.85. The third-order valence-corrected chi connectivity index (χ3v) is 5.63. The number of carbonyl (C=O) groups excluding carboxylic acids is 1. The molecule has 33 heavy (non-hydrogen) atoms. The highest BCUT2D eigenvalue weighted by Gasteiger charge is 2.22. The monoisotopic (exact) mass is 444 g/mol. The molecule has 5 rings (SSSR count). The maximum absolute atomic E-state index is 11.9. The van der Waals surface area contributed by atoms with Crippen molar-refractivity contribution in [2.75, 3.05) is 43.4 Å². The number of rotatable bonds is 4. The standard InChI is InChI=1S/C23H24N8O2/c1-2-33-23(32)30-11-9-29(10-12-30)19-7-6-16(13-26-19)17-14-27-22-20(18-5-3-4-8-25-18)21(24)28-31(22)15-17/h3-8,13-15H,2,9-12H2,1H3,(H2,24,28). The molecule has 0 spiro atoms. The van der Waals surface area contributed by atoms with Gasteiger partial charge in [0.15, 0.2) is 11.5 Å². The molecule has 1 fully saturated rings. The van der Waals surface area contributed by atoms with Gasteiger partial charge in [0.25, 0.3) is 0 Å². The minimum absolute atomic E-state index is 0.256. The molecular formula is C23H24N8O2. The van der Waals surface area contributed by atoms with E-state index in [1.165, 1.54) is 0 Å². The molecule has 0 aliphatic carbocycles. The van der Waals surface area contributed by atoms with E-state index in [-0.39, 0.29) is 6.09 Å². The Morgan fingerprint density at radius 2 is 1.85 bits per heavy atom. The molecule has 0 radical (unpaired) electrons. The first kappa shape index (κ1) is 20.7. The average molecular weight is 444 g/mol. The van der Waals surface area contributed by atoms with Crippen molar-refractivity contribution in [2.45, 2.75) is 6.92 Å². The Balaban J connectivity index is 1.33. The van der Waals surface area contributed by atoms with E-state index in [1.54, 1.807) is 21.8 Å². The van der Waals surface area contributed by atoms with Crippen LogP contribution in [0, 0.1) is 0 Å². The molecule has 0 unspecified atom stereocenters. The van der Waals surface area contributed by atoms with E-state index in [0.29, 0.717) is 44.3 Å². The minimum Gasteiger partial charge on any atom is -0.450 e. The summed E-state index contributed by atoms with van der Waals surface area (Å²) >= 11 is 0. The molecule has 1 aliphatic rings. The van der Waals surface area contributed by atoms with E-state index in [4.69, 9.17) is 10.5 Å². The van der Waals surface area contributed by atoms with Crippen LogP contribution in [0.5, 0.6) is 0 Å². The summed E-state index contributed by atoms with van der Waals surface area (Å²) in [5.74, 6) is 1.26. The van der Waals surface area contributed by atoms with Crippen molar-refractivity contribution < 1.29 is 9.53 Å². The summed E-state index contributed by atoms with van der Waals surface area (Å²) in [5, 5.41) is 4.42. The van der Waals surface area contributed by atoms with Crippen molar-refractivity contribution >= 4 is 23.4 Å². The van der Waals surface area contributed by atoms with Gasteiger partial charge in [-0.05, 0) is 31.2 Å². The number of hydrogen-bond acceptors (Lipinski definition) is 8. The highest BCUT2D eigenvalue weighted by atomic mass is 16.6. The van der Waals surface area contributed by atoms with Crippen LogP contribution in [0.4, 0.5) is 16.4 Å². The van der Waals surface area contributed by atoms with Crippen LogP contribution in [-0.2, 0) is 4.74 Å². The first-order chi connectivity index (χ1) is 16.1. The van der Waals surface area contributed by atoms with Crippen LogP contribution >= 0.6 is 0 Å². The number of hydrogen-bond donors (Lipinski definition) is 1. The molecule has 2 N–H and O–H groups in total. The maximum Gasteiger partial charge on any atom is 0.409 e. The van der Waals surface area contributed by atoms with E-state index in [0.717, 1.165) is 28.2 Å². The Bertz CT molecular complexity index is 1270. The normalized spacial score (nSPS) is 14.0. The summed E-state index contributed by atoms with van der Waals surface area (Å²) in [5.41, 5.74) is 10.1. The van der Waals surface area contributed by atoms with Crippen molar-refractivity contribution in [1.29, 1.82) is 0 Å². The smallest absolute Gasteiger partial charge is 0.409 e. The topological polar surface area (TPSA) is 115 Å². The number of nitrogen functional groups attached to an aromatic ring is 1. The third kappa shape index (κ3) is 4.02. The highest BCUT2D eigenvalue weighted by molar-refractivity contribution is 5.84. The fraction of sp³-hybridized carbons (Fsp3) is 0.261. The molecule has 10 nitrogen and oxygen atoms in total. The quantitative estimate of drug-likeness (QED) is 0.511. The molecule has 0 saturated carbocycles. The number of piperazine rings is 1. The number of fused-ring (bicyclic) bond motifs is 1. The summed E-state index contributed by atoms with van der Waals surface area (Å²) in [4.78, 5) is 29.4. The number of aromatic nitrogens is 5. The Morgan fingerprint density at radius 1 is 1.03 bits per heavy atom. The number of nitrogens with zero attached hydrogens (tertiary/aromatic N) is 7. The zero-order valence-corrected chi connectivity index (χ0v) is 18.3. The molecular weight excluding hydrogens is 420 g/mol. The summed E-state index contributed by atoms with van der Waals surface area (Å²) in [7, 11) is 0. The molecule has 1 aliphatic heterocycles. The van der Waals surface area contributed by atoms with Gasteiger partial charge in [-0.3, -0.25) is 4.98 Å². The van der Waals surface area contributed by atoms with Gasteiger partial charge in [0.1, 0.15) is 5.82 Å². The SMILES string of the molecule is CCOC(=O)N1CCN(c2ccc(-c3cnc4c(-c5ccccn5)c(N)nn4c3)cn2)CC1. The lowest BCUT2D eigenvalue weighted by molar-refractivity contribution is 0.105. The van der Waals surface area contributed by atoms with Gasteiger partial charge in [0.2, 0.25) is 0 Å². The van der Waals surface area contributed by atoms with E-state index in [2.05, 4.69) is 25.0 Å². The van der Waals surface area contributed by atoms with Crippen LogP contribution in [0.2, 0.25) is 0 Å². The first-order valence-corrected chi connectivity index (χ1v) is 10.8. The summed E-state index contributed by atoms with van der Waals surface area (Å²) in [6, 6.07) is 9.64. The van der Waals surface area contributed by atoms with Gasteiger partial charge in [-0.1, -0.05) is 6.07 Å².